The molecule has 1 aromatic carbocycles. The van der Waals surface area contributed by atoms with Crippen molar-refractivity contribution in [3.8, 4) is 5.75 Å². The third-order valence-electron chi connectivity index (χ3n) is 2.80. The number of carboxylic acid groups (broad SMARTS) is 1. The molecule has 0 heterocycles. The normalized spacial score (nSPS) is 12.3. The molecule has 0 fully saturated rings. The van der Waals surface area contributed by atoms with Crippen LogP contribution >= 0.6 is 0 Å². The Kier molecular flexibility index (Phi) is 5.11. The van der Waals surface area contributed by atoms with E-state index in [0.717, 1.165) is 5.56 Å². The maximum absolute atomic E-state index is 11.8. The van der Waals surface area contributed by atoms with Crippen molar-refractivity contribution < 1.29 is 19.8 Å². The second-order valence-corrected chi connectivity index (χ2v) is 4.14. The van der Waals surface area contributed by atoms with Crippen LogP contribution in [0.2, 0.25) is 0 Å². The molecular weight excluding hydrogens is 246 g/mol. The van der Waals surface area contributed by atoms with Gasteiger partial charge in [0.25, 0.3) is 0 Å². The van der Waals surface area contributed by atoms with Crippen LogP contribution in [0.15, 0.2) is 30.3 Å². The van der Waals surface area contributed by atoms with Crippen LogP contribution in [0.1, 0.15) is 18.9 Å². The van der Waals surface area contributed by atoms with Crippen LogP contribution in [0.3, 0.4) is 0 Å². The van der Waals surface area contributed by atoms with Gasteiger partial charge in [-0.25, -0.2) is 4.79 Å². The predicted octanol–water partition coefficient (Wildman–Crippen LogP) is 1.73. The number of phenolic OH excluding ortho intramolecular Hbond substituents is 1. The topological polar surface area (TPSA) is 77.8 Å². The van der Waals surface area contributed by atoms with E-state index in [1.54, 1.807) is 25.1 Å². The highest BCUT2D eigenvalue weighted by Crippen LogP contribution is 2.11. The van der Waals surface area contributed by atoms with Gasteiger partial charge in [0.05, 0.1) is 0 Å². The molecule has 0 aliphatic heterocycles. The molecule has 2 N–H and O–H groups in total. The molecule has 1 unspecified atom stereocenters. The van der Waals surface area contributed by atoms with Gasteiger partial charge in [0.1, 0.15) is 11.8 Å². The fourth-order valence-electron chi connectivity index (χ4n) is 1.64. The number of amides is 1. The molecule has 5 heteroatoms. The third-order valence-corrected chi connectivity index (χ3v) is 2.80. The lowest BCUT2D eigenvalue weighted by Crippen LogP contribution is -2.41. The molecule has 0 aromatic heterocycles. The molecule has 0 aliphatic carbocycles. The van der Waals surface area contributed by atoms with Crippen LogP contribution in [-0.4, -0.2) is 40.1 Å². The van der Waals surface area contributed by atoms with Gasteiger partial charge in [0.15, 0.2) is 0 Å². The molecule has 5 nitrogen and oxygen atoms in total. The summed E-state index contributed by atoms with van der Waals surface area (Å²) >= 11 is 0. The van der Waals surface area contributed by atoms with E-state index < -0.39 is 12.0 Å². The Morgan fingerprint density at radius 2 is 1.89 bits per heavy atom. The molecule has 0 bridgehead atoms. The first kappa shape index (κ1) is 14.8. The van der Waals surface area contributed by atoms with E-state index in [1.807, 2.05) is 0 Å². The lowest BCUT2D eigenvalue weighted by atomic mass is 10.2. The van der Waals surface area contributed by atoms with Gasteiger partial charge in [-0.05, 0) is 30.2 Å². The first-order valence-electron chi connectivity index (χ1n) is 5.92. The van der Waals surface area contributed by atoms with E-state index in [2.05, 4.69) is 0 Å². The van der Waals surface area contributed by atoms with Crippen molar-refractivity contribution in [3.05, 3.63) is 35.9 Å². The number of phenols is 1. The first-order chi connectivity index (χ1) is 8.95. The zero-order valence-corrected chi connectivity index (χ0v) is 10.9. The zero-order chi connectivity index (χ0) is 14.4. The lowest BCUT2D eigenvalue weighted by Gasteiger charge is -2.22. The molecule has 0 radical (unpaired) electrons. The zero-order valence-electron chi connectivity index (χ0n) is 10.9. The van der Waals surface area contributed by atoms with Crippen molar-refractivity contribution in [2.45, 2.75) is 19.4 Å². The van der Waals surface area contributed by atoms with Crippen molar-refractivity contribution in [2.75, 3.05) is 7.05 Å². The minimum Gasteiger partial charge on any atom is -0.508 e. The summed E-state index contributed by atoms with van der Waals surface area (Å²) in [4.78, 5) is 24.0. The SMILES string of the molecule is CCC(C(=O)O)N(C)C(=O)C=Cc1ccc(O)cc1. The molecule has 0 saturated heterocycles. The number of rotatable bonds is 5. The Bertz CT molecular complexity index is 479. The summed E-state index contributed by atoms with van der Waals surface area (Å²) in [6.07, 6.45) is 3.25. The number of aromatic hydroxyl groups is 1. The number of nitrogens with zero attached hydrogens (tertiary/aromatic N) is 1. The molecule has 1 atom stereocenters. The van der Waals surface area contributed by atoms with Gasteiger partial charge in [0, 0.05) is 13.1 Å². The number of likely N-dealkylation sites (N-methyl/N-ethyl adjacent to an activating group) is 1. The molecule has 1 rings (SSSR count). The number of carboxylic acids is 1. The molecule has 19 heavy (non-hydrogen) atoms. The van der Waals surface area contributed by atoms with Crippen LogP contribution < -0.4 is 0 Å². The van der Waals surface area contributed by atoms with Gasteiger partial charge >= 0.3 is 5.97 Å². The third kappa shape index (κ3) is 4.13. The average Bonchev–Trinajstić information content (AvgIpc) is 2.38. The molecule has 0 aliphatic rings. The van der Waals surface area contributed by atoms with Crippen LogP contribution in [0.4, 0.5) is 0 Å². The predicted molar refractivity (Wildman–Crippen MR) is 71.6 cm³/mol. The summed E-state index contributed by atoms with van der Waals surface area (Å²) < 4.78 is 0. The van der Waals surface area contributed by atoms with Crippen molar-refractivity contribution in [2.24, 2.45) is 0 Å². The fraction of sp³-hybridized carbons (Fsp3) is 0.286. The van der Waals surface area contributed by atoms with Gasteiger partial charge < -0.3 is 15.1 Å². The van der Waals surface area contributed by atoms with Crippen molar-refractivity contribution in [1.82, 2.24) is 4.90 Å². The maximum Gasteiger partial charge on any atom is 0.326 e. The Labute approximate surface area is 111 Å². The number of benzene rings is 1. The Hall–Kier alpha value is -2.30. The molecule has 0 saturated carbocycles. The van der Waals surface area contributed by atoms with E-state index in [1.165, 1.54) is 30.2 Å². The minimum atomic E-state index is -1.02. The number of aliphatic carboxylic acids is 1. The Balaban J connectivity index is 2.73. The first-order valence-corrected chi connectivity index (χ1v) is 5.92. The quantitative estimate of drug-likeness (QED) is 0.793. The van der Waals surface area contributed by atoms with Gasteiger partial charge in [0.2, 0.25) is 5.91 Å². The largest absolute Gasteiger partial charge is 0.508 e. The summed E-state index contributed by atoms with van der Waals surface area (Å²) in [5, 5.41) is 18.1. The fourth-order valence-corrected chi connectivity index (χ4v) is 1.64. The van der Waals surface area contributed by atoms with Crippen LogP contribution in [0, 0.1) is 0 Å². The molecule has 102 valence electrons. The summed E-state index contributed by atoms with van der Waals surface area (Å²) in [5.74, 6) is -1.24. The van der Waals surface area contributed by atoms with Crippen LogP contribution in [0.25, 0.3) is 6.08 Å². The summed E-state index contributed by atoms with van der Waals surface area (Å²) in [6, 6.07) is 5.53. The van der Waals surface area contributed by atoms with E-state index in [4.69, 9.17) is 10.2 Å². The summed E-state index contributed by atoms with van der Waals surface area (Å²) in [5.41, 5.74) is 0.753. The lowest BCUT2D eigenvalue weighted by molar-refractivity contribution is -0.147. The van der Waals surface area contributed by atoms with E-state index in [0.29, 0.717) is 6.42 Å². The standard InChI is InChI=1S/C14H17NO4/c1-3-12(14(18)19)15(2)13(17)9-6-10-4-7-11(16)8-5-10/h4-9,12,16H,3H2,1-2H3,(H,18,19). The average molecular weight is 263 g/mol. The van der Waals surface area contributed by atoms with Gasteiger partial charge in [-0.1, -0.05) is 19.1 Å². The smallest absolute Gasteiger partial charge is 0.326 e. The summed E-state index contributed by atoms with van der Waals surface area (Å²) in [6.45, 7) is 1.71. The van der Waals surface area contributed by atoms with Gasteiger partial charge in [-0.3, -0.25) is 4.79 Å². The molecule has 0 spiro atoms. The van der Waals surface area contributed by atoms with Gasteiger partial charge in [-0.15, -0.1) is 0 Å². The molecule has 1 aromatic rings. The second-order valence-electron chi connectivity index (χ2n) is 4.14. The summed E-state index contributed by atoms with van der Waals surface area (Å²) in [7, 11) is 1.46. The number of carbonyl (C=O) groups is 2. The minimum absolute atomic E-state index is 0.150. The number of carbonyl (C=O) groups excluding carboxylic acids is 1. The number of hydrogen-bond acceptors (Lipinski definition) is 3. The highest BCUT2D eigenvalue weighted by molar-refractivity contribution is 5.94. The highest BCUT2D eigenvalue weighted by atomic mass is 16.4. The van der Waals surface area contributed by atoms with Crippen molar-refractivity contribution in [3.63, 3.8) is 0 Å². The molecular formula is C14H17NO4. The molecule has 1 amide bonds. The van der Waals surface area contributed by atoms with E-state index >= 15 is 0 Å². The monoisotopic (exact) mass is 263 g/mol. The van der Waals surface area contributed by atoms with Crippen molar-refractivity contribution in [1.29, 1.82) is 0 Å². The Morgan fingerprint density at radius 3 is 2.37 bits per heavy atom. The second kappa shape index (κ2) is 6.58. The van der Waals surface area contributed by atoms with Crippen molar-refractivity contribution >= 4 is 18.0 Å². The maximum atomic E-state index is 11.8. The Morgan fingerprint density at radius 1 is 1.32 bits per heavy atom. The van der Waals surface area contributed by atoms with E-state index in [-0.39, 0.29) is 11.7 Å². The number of hydrogen-bond donors (Lipinski definition) is 2. The van der Waals surface area contributed by atoms with Gasteiger partial charge in [-0.2, -0.15) is 0 Å². The van der Waals surface area contributed by atoms with E-state index in [9.17, 15) is 9.59 Å². The van der Waals surface area contributed by atoms with Crippen LogP contribution in [0.5, 0.6) is 5.75 Å². The highest BCUT2D eigenvalue weighted by Gasteiger charge is 2.22. The van der Waals surface area contributed by atoms with Crippen LogP contribution in [-0.2, 0) is 9.59 Å².